The Labute approximate surface area is 163 Å². The lowest BCUT2D eigenvalue weighted by molar-refractivity contribution is -0.145. The fourth-order valence-corrected chi connectivity index (χ4v) is 3.51. The van der Waals surface area contributed by atoms with Gasteiger partial charge >= 0.3 is 5.97 Å². The van der Waals surface area contributed by atoms with Crippen LogP contribution in [0, 0.1) is 0 Å². The molecule has 0 spiro atoms. The normalized spacial score (nSPS) is 15.8. The molecule has 0 unspecified atom stereocenters. The number of carbonyl (C=O) groups excluding carboxylic acids is 1. The zero-order valence-electron chi connectivity index (χ0n) is 15.8. The van der Waals surface area contributed by atoms with Gasteiger partial charge in [0.25, 0.3) is 5.91 Å². The summed E-state index contributed by atoms with van der Waals surface area (Å²) in [7, 11) is 1.58. The molecule has 1 saturated heterocycles. The monoisotopic (exact) mass is 384 g/mol. The second-order valence-corrected chi connectivity index (χ2v) is 6.77. The molecular formula is C21H24N2O5. The lowest BCUT2D eigenvalue weighted by atomic mass is 9.73. The van der Waals surface area contributed by atoms with E-state index in [-0.39, 0.29) is 5.91 Å². The van der Waals surface area contributed by atoms with E-state index in [0.717, 1.165) is 5.56 Å². The van der Waals surface area contributed by atoms with Crippen LogP contribution < -0.4 is 4.74 Å². The van der Waals surface area contributed by atoms with Crippen LogP contribution in [0.15, 0.2) is 48.7 Å². The number of benzene rings is 1. The van der Waals surface area contributed by atoms with Gasteiger partial charge in [0, 0.05) is 38.0 Å². The van der Waals surface area contributed by atoms with E-state index in [1.54, 1.807) is 24.1 Å². The molecule has 3 rings (SSSR count). The average molecular weight is 384 g/mol. The van der Waals surface area contributed by atoms with Gasteiger partial charge in [0.1, 0.15) is 6.61 Å². The topological polar surface area (TPSA) is 89.0 Å². The minimum atomic E-state index is -0.954. The number of carboxylic acids is 1. The summed E-state index contributed by atoms with van der Waals surface area (Å²) in [6.45, 7) is 1.54. The molecule has 1 aromatic heterocycles. The van der Waals surface area contributed by atoms with Gasteiger partial charge in [-0.25, -0.2) is 4.98 Å². The smallest absolute Gasteiger partial charge is 0.314 e. The molecule has 1 aliphatic rings. The number of aliphatic carboxylic acids is 1. The van der Waals surface area contributed by atoms with Crippen molar-refractivity contribution in [2.45, 2.75) is 18.3 Å². The minimum absolute atomic E-state index is 0.147. The second kappa shape index (κ2) is 8.84. The summed E-state index contributed by atoms with van der Waals surface area (Å²) in [5.74, 6) is -0.626. The molecule has 28 heavy (non-hydrogen) atoms. The molecule has 0 saturated carbocycles. The number of carboxylic acid groups (broad SMARTS) is 1. The largest absolute Gasteiger partial charge is 0.481 e. The quantitative estimate of drug-likeness (QED) is 0.737. The molecule has 1 N–H and O–H groups in total. The van der Waals surface area contributed by atoms with Crippen LogP contribution in [0.4, 0.5) is 0 Å². The first kappa shape index (κ1) is 19.8. The number of piperidine rings is 1. The van der Waals surface area contributed by atoms with Crippen molar-refractivity contribution in [3.05, 3.63) is 59.8 Å². The Bertz CT molecular complexity index is 817. The van der Waals surface area contributed by atoms with E-state index in [0.29, 0.717) is 50.6 Å². The van der Waals surface area contributed by atoms with Crippen LogP contribution in [0.3, 0.4) is 0 Å². The summed E-state index contributed by atoms with van der Waals surface area (Å²) in [5, 5.41) is 9.88. The van der Waals surface area contributed by atoms with Crippen molar-refractivity contribution >= 4 is 11.9 Å². The SMILES string of the molecule is COCCOc1cc(C(=O)N2CCC(C(=O)O)(c3ccccc3)CC2)ccn1. The summed E-state index contributed by atoms with van der Waals surface area (Å²) in [6.07, 6.45) is 2.28. The van der Waals surface area contributed by atoms with Crippen molar-refractivity contribution in [3.8, 4) is 5.88 Å². The van der Waals surface area contributed by atoms with Gasteiger partial charge in [-0.2, -0.15) is 0 Å². The third kappa shape index (κ3) is 4.14. The average Bonchev–Trinajstić information content (AvgIpc) is 2.74. The highest BCUT2D eigenvalue weighted by Gasteiger charge is 2.43. The molecule has 0 radical (unpaired) electrons. The van der Waals surface area contributed by atoms with E-state index in [2.05, 4.69) is 4.98 Å². The second-order valence-electron chi connectivity index (χ2n) is 6.77. The maximum absolute atomic E-state index is 12.9. The van der Waals surface area contributed by atoms with E-state index in [4.69, 9.17) is 9.47 Å². The van der Waals surface area contributed by atoms with Crippen LogP contribution in [-0.4, -0.2) is 60.3 Å². The molecule has 0 aliphatic carbocycles. The van der Waals surface area contributed by atoms with Crippen LogP contribution in [0.5, 0.6) is 5.88 Å². The molecule has 7 heteroatoms. The standard InChI is InChI=1S/C21H24N2O5/c1-27-13-14-28-18-15-16(7-10-22-18)19(24)23-11-8-21(9-12-23,20(25)26)17-5-3-2-4-6-17/h2-7,10,15H,8-9,11-14H2,1H3,(H,25,26). The summed E-state index contributed by atoms with van der Waals surface area (Å²) in [6, 6.07) is 12.5. The molecule has 1 aliphatic heterocycles. The predicted octanol–water partition coefficient (Wildman–Crippen LogP) is 2.37. The molecular weight excluding hydrogens is 360 g/mol. The van der Waals surface area contributed by atoms with E-state index in [9.17, 15) is 14.7 Å². The van der Waals surface area contributed by atoms with E-state index < -0.39 is 11.4 Å². The number of hydrogen-bond donors (Lipinski definition) is 1. The van der Waals surface area contributed by atoms with Crippen molar-refractivity contribution < 1.29 is 24.2 Å². The maximum Gasteiger partial charge on any atom is 0.314 e. The van der Waals surface area contributed by atoms with Crippen LogP contribution >= 0.6 is 0 Å². The van der Waals surface area contributed by atoms with Gasteiger partial charge in [-0.15, -0.1) is 0 Å². The third-order valence-electron chi connectivity index (χ3n) is 5.16. The van der Waals surface area contributed by atoms with Gasteiger partial charge in [0.2, 0.25) is 5.88 Å². The first-order valence-corrected chi connectivity index (χ1v) is 9.23. The number of methoxy groups -OCH3 is 1. The third-order valence-corrected chi connectivity index (χ3v) is 5.16. The van der Waals surface area contributed by atoms with Gasteiger partial charge in [-0.1, -0.05) is 30.3 Å². The zero-order valence-corrected chi connectivity index (χ0v) is 15.8. The summed E-state index contributed by atoms with van der Waals surface area (Å²) in [5.41, 5.74) is 0.308. The number of ether oxygens (including phenoxy) is 2. The zero-order chi connectivity index (χ0) is 20.0. The number of pyridine rings is 1. The lowest BCUT2D eigenvalue weighted by Gasteiger charge is -2.39. The Balaban J connectivity index is 1.70. The van der Waals surface area contributed by atoms with Crippen LogP contribution in [0.25, 0.3) is 0 Å². The Kier molecular flexibility index (Phi) is 6.26. The highest BCUT2D eigenvalue weighted by molar-refractivity contribution is 5.94. The fourth-order valence-electron chi connectivity index (χ4n) is 3.51. The van der Waals surface area contributed by atoms with E-state index >= 15 is 0 Å². The van der Waals surface area contributed by atoms with Crippen molar-refractivity contribution in [3.63, 3.8) is 0 Å². The molecule has 0 atom stereocenters. The lowest BCUT2D eigenvalue weighted by Crippen LogP contribution is -2.49. The van der Waals surface area contributed by atoms with Gasteiger partial charge in [-0.05, 0) is 24.5 Å². The molecule has 0 bridgehead atoms. The Hall–Kier alpha value is -2.93. The van der Waals surface area contributed by atoms with Gasteiger partial charge in [0.05, 0.1) is 12.0 Å². The van der Waals surface area contributed by atoms with Crippen molar-refractivity contribution in [2.75, 3.05) is 33.4 Å². The molecule has 148 valence electrons. The summed E-state index contributed by atoms with van der Waals surface area (Å²) >= 11 is 0. The van der Waals surface area contributed by atoms with Gasteiger partial charge in [-0.3, -0.25) is 9.59 Å². The number of carbonyl (C=O) groups is 2. The Morgan fingerprint density at radius 2 is 1.86 bits per heavy atom. The van der Waals surface area contributed by atoms with E-state index in [1.807, 2.05) is 30.3 Å². The number of likely N-dealkylation sites (tertiary alicyclic amines) is 1. The molecule has 2 aromatic rings. The number of rotatable bonds is 7. The molecule has 1 aromatic carbocycles. The van der Waals surface area contributed by atoms with Gasteiger partial charge < -0.3 is 19.5 Å². The predicted molar refractivity (Wildman–Crippen MR) is 103 cm³/mol. The van der Waals surface area contributed by atoms with Gasteiger partial charge in [0.15, 0.2) is 0 Å². The molecule has 7 nitrogen and oxygen atoms in total. The Morgan fingerprint density at radius 3 is 2.50 bits per heavy atom. The van der Waals surface area contributed by atoms with Crippen molar-refractivity contribution in [1.29, 1.82) is 0 Å². The van der Waals surface area contributed by atoms with Crippen molar-refractivity contribution in [1.82, 2.24) is 9.88 Å². The van der Waals surface area contributed by atoms with Crippen LogP contribution in [0.2, 0.25) is 0 Å². The summed E-state index contributed by atoms with van der Waals surface area (Å²) in [4.78, 5) is 30.7. The van der Waals surface area contributed by atoms with Crippen molar-refractivity contribution in [2.24, 2.45) is 0 Å². The highest BCUT2D eigenvalue weighted by atomic mass is 16.5. The first-order valence-electron chi connectivity index (χ1n) is 9.23. The number of aromatic nitrogens is 1. The molecule has 2 heterocycles. The number of nitrogens with zero attached hydrogens (tertiary/aromatic N) is 2. The van der Waals surface area contributed by atoms with Crippen LogP contribution in [-0.2, 0) is 14.9 Å². The minimum Gasteiger partial charge on any atom is -0.481 e. The fraction of sp³-hybridized carbons (Fsp3) is 0.381. The highest BCUT2D eigenvalue weighted by Crippen LogP contribution is 2.36. The maximum atomic E-state index is 12.9. The Morgan fingerprint density at radius 1 is 1.14 bits per heavy atom. The van der Waals surface area contributed by atoms with E-state index in [1.165, 1.54) is 6.20 Å². The number of hydrogen-bond acceptors (Lipinski definition) is 5. The molecule has 1 fully saturated rings. The molecule has 1 amide bonds. The number of amides is 1. The van der Waals surface area contributed by atoms with Crippen LogP contribution in [0.1, 0.15) is 28.8 Å². The summed E-state index contributed by atoms with van der Waals surface area (Å²) < 4.78 is 10.4. The first-order chi connectivity index (χ1) is 13.6.